The van der Waals surface area contributed by atoms with Gasteiger partial charge in [0.15, 0.2) is 0 Å². The van der Waals surface area contributed by atoms with Gasteiger partial charge in [-0.25, -0.2) is 0 Å². The highest BCUT2D eigenvalue weighted by Crippen LogP contribution is 2.15. The molecule has 0 saturated heterocycles. The lowest BCUT2D eigenvalue weighted by molar-refractivity contribution is 0.0367. The van der Waals surface area contributed by atoms with Gasteiger partial charge in [-0.15, -0.1) is 0 Å². The second kappa shape index (κ2) is 5.96. The molecule has 0 aliphatic rings. The Morgan fingerprint density at radius 1 is 1.56 bits per heavy atom. The van der Waals surface area contributed by atoms with Gasteiger partial charge in [0.25, 0.3) is 5.91 Å². The van der Waals surface area contributed by atoms with Gasteiger partial charge in [0.1, 0.15) is 5.69 Å². The molecule has 1 aromatic rings. The Kier molecular flexibility index (Phi) is 4.84. The molecule has 18 heavy (non-hydrogen) atoms. The third kappa shape index (κ3) is 4.45. The first-order chi connectivity index (χ1) is 8.32. The topological polar surface area (TPSA) is 62.2 Å². The molecular formula is C14H22N2O2. The van der Waals surface area contributed by atoms with E-state index in [2.05, 4.69) is 10.3 Å². The van der Waals surface area contributed by atoms with E-state index in [-0.39, 0.29) is 12.5 Å². The number of carbonyl (C=O) groups is 1. The molecule has 2 N–H and O–H groups in total. The van der Waals surface area contributed by atoms with E-state index in [1.807, 2.05) is 26.8 Å². The van der Waals surface area contributed by atoms with Crippen molar-refractivity contribution in [3.63, 3.8) is 0 Å². The second-order valence-corrected chi connectivity index (χ2v) is 5.45. The molecule has 100 valence electrons. The number of hydrogen-bond donors (Lipinski definition) is 2. The van der Waals surface area contributed by atoms with Gasteiger partial charge in [-0.2, -0.15) is 0 Å². The molecule has 4 nitrogen and oxygen atoms in total. The molecule has 1 unspecified atom stereocenters. The summed E-state index contributed by atoms with van der Waals surface area (Å²) in [5.74, 6) is 0.144. The van der Waals surface area contributed by atoms with E-state index in [9.17, 15) is 9.90 Å². The quantitative estimate of drug-likeness (QED) is 0.839. The first-order valence-electron chi connectivity index (χ1n) is 6.24. The van der Waals surface area contributed by atoms with Crippen molar-refractivity contribution >= 4 is 5.91 Å². The summed E-state index contributed by atoms with van der Waals surface area (Å²) in [5.41, 5.74) is 0.364. The Bertz CT molecular complexity index is 414. The molecular weight excluding hydrogens is 228 g/mol. The number of aliphatic hydroxyl groups is 1. The number of amides is 1. The number of rotatable bonds is 5. The van der Waals surface area contributed by atoms with Crippen molar-refractivity contribution < 1.29 is 9.90 Å². The Morgan fingerprint density at radius 3 is 2.78 bits per heavy atom. The number of nitrogens with one attached hydrogen (secondary N) is 1. The van der Waals surface area contributed by atoms with E-state index in [0.717, 1.165) is 5.56 Å². The second-order valence-electron chi connectivity index (χ2n) is 5.45. The summed E-state index contributed by atoms with van der Waals surface area (Å²) in [5, 5.41) is 12.8. The zero-order chi connectivity index (χ0) is 13.8. The molecule has 0 aliphatic carbocycles. The van der Waals surface area contributed by atoms with Crippen molar-refractivity contribution in [2.75, 3.05) is 6.54 Å². The number of pyridine rings is 1. The molecule has 0 radical (unpaired) electrons. The van der Waals surface area contributed by atoms with Crippen LogP contribution in [0, 0.1) is 12.8 Å². The molecule has 0 aromatic carbocycles. The van der Waals surface area contributed by atoms with E-state index in [0.29, 0.717) is 18.0 Å². The number of hydrogen-bond acceptors (Lipinski definition) is 3. The first-order valence-corrected chi connectivity index (χ1v) is 6.24. The molecule has 1 rings (SSSR count). The third-order valence-corrected chi connectivity index (χ3v) is 2.70. The molecule has 1 atom stereocenters. The van der Waals surface area contributed by atoms with Gasteiger partial charge in [-0.1, -0.05) is 19.9 Å². The van der Waals surface area contributed by atoms with Crippen molar-refractivity contribution in [3.8, 4) is 0 Å². The fourth-order valence-corrected chi connectivity index (χ4v) is 2.03. The summed E-state index contributed by atoms with van der Waals surface area (Å²) in [6, 6.07) is 3.63. The summed E-state index contributed by atoms with van der Waals surface area (Å²) in [7, 11) is 0. The molecule has 0 aliphatic heterocycles. The van der Waals surface area contributed by atoms with E-state index < -0.39 is 5.60 Å². The number of aromatic nitrogens is 1. The van der Waals surface area contributed by atoms with Crippen LogP contribution in [0.5, 0.6) is 0 Å². The monoisotopic (exact) mass is 250 g/mol. The zero-order valence-corrected chi connectivity index (χ0v) is 11.5. The van der Waals surface area contributed by atoms with Crippen molar-refractivity contribution in [3.05, 3.63) is 29.6 Å². The predicted molar refractivity (Wildman–Crippen MR) is 71.4 cm³/mol. The Balaban J connectivity index is 2.59. The fraction of sp³-hybridized carbons (Fsp3) is 0.571. The molecule has 0 saturated carbocycles. The average Bonchev–Trinajstić information content (AvgIpc) is 2.25. The third-order valence-electron chi connectivity index (χ3n) is 2.70. The van der Waals surface area contributed by atoms with E-state index in [4.69, 9.17) is 0 Å². The number of nitrogens with zero attached hydrogens (tertiary/aromatic N) is 1. The molecule has 1 aromatic heterocycles. The maximum atomic E-state index is 11.9. The van der Waals surface area contributed by atoms with Crippen molar-refractivity contribution in [2.45, 2.75) is 39.7 Å². The lowest BCUT2D eigenvalue weighted by atomic mass is 9.94. The Hall–Kier alpha value is -1.42. The van der Waals surface area contributed by atoms with Crippen LogP contribution in [0.3, 0.4) is 0 Å². The fourth-order valence-electron chi connectivity index (χ4n) is 2.03. The van der Waals surface area contributed by atoms with Crippen LogP contribution in [-0.2, 0) is 0 Å². The lowest BCUT2D eigenvalue weighted by Crippen LogP contribution is -2.41. The molecule has 1 amide bonds. The summed E-state index contributed by atoms with van der Waals surface area (Å²) in [6.07, 6.45) is 2.24. The maximum Gasteiger partial charge on any atom is 0.270 e. The van der Waals surface area contributed by atoms with Gasteiger partial charge in [0.05, 0.1) is 5.60 Å². The van der Waals surface area contributed by atoms with Gasteiger partial charge in [-0.05, 0) is 37.8 Å². The highest BCUT2D eigenvalue weighted by atomic mass is 16.3. The van der Waals surface area contributed by atoms with Gasteiger partial charge < -0.3 is 10.4 Å². The summed E-state index contributed by atoms with van der Waals surface area (Å²) in [6.45, 7) is 7.89. The maximum absolute atomic E-state index is 11.9. The first kappa shape index (κ1) is 14.6. The normalized spacial score (nSPS) is 14.3. The van der Waals surface area contributed by atoms with Gasteiger partial charge in [-0.3, -0.25) is 9.78 Å². The molecule has 0 bridgehead atoms. The van der Waals surface area contributed by atoms with Crippen LogP contribution in [0.2, 0.25) is 0 Å². The number of aryl methyl sites for hydroxylation is 1. The van der Waals surface area contributed by atoms with Crippen LogP contribution in [-0.4, -0.2) is 28.1 Å². The largest absolute Gasteiger partial charge is 0.388 e. The van der Waals surface area contributed by atoms with Crippen LogP contribution in [0.15, 0.2) is 18.3 Å². The minimum atomic E-state index is -0.882. The summed E-state index contributed by atoms with van der Waals surface area (Å²) >= 11 is 0. The van der Waals surface area contributed by atoms with Crippen molar-refractivity contribution in [1.82, 2.24) is 10.3 Å². The highest BCUT2D eigenvalue weighted by Gasteiger charge is 2.23. The molecule has 0 fully saturated rings. The summed E-state index contributed by atoms with van der Waals surface area (Å²) < 4.78 is 0. The van der Waals surface area contributed by atoms with E-state index in [1.54, 1.807) is 19.2 Å². The van der Waals surface area contributed by atoms with E-state index >= 15 is 0 Å². The van der Waals surface area contributed by atoms with Crippen LogP contribution in [0.25, 0.3) is 0 Å². The Labute approximate surface area is 108 Å². The summed E-state index contributed by atoms with van der Waals surface area (Å²) in [4.78, 5) is 16.0. The standard InChI is InChI=1S/C14H22N2O2/c1-10(2)8-14(4,18)9-16-13(17)12-11(3)6-5-7-15-12/h5-7,10,18H,8-9H2,1-4H3,(H,16,17). The predicted octanol–water partition coefficient (Wildman–Crippen LogP) is 1.92. The molecule has 0 spiro atoms. The zero-order valence-electron chi connectivity index (χ0n) is 11.5. The average molecular weight is 250 g/mol. The Morgan fingerprint density at radius 2 is 2.22 bits per heavy atom. The molecule has 1 heterocycles. The smallest absolute Gasteiger partial charge is 0.270 e. The van der Waals surface area contributed by atoms with Crippen LogP contribution in [0.1, 0.15) is 43.2 Å². The minimum Gasteiger partial charge on any atom is -0.388 e. The highest BCUT2D eigenvalue weighted by molar-refractivity contribution is 5.93. The van der Waals surface area contributed by atoms with Crippen molar-refractivity contribution in [2.24, 2.45) is 5.92 Å². The number of carbonyl (C=O) groups excluding carboxylic acids is 1. The van der Waals surface area contributed by atoms with Crippen molar-refractivity contribution in [1.29, 1.82) is 0 Å². The SMILES string of the molecule is Cc1cccnc1C(=O)NCC(C)(O)CC(C)C. The van der Waals surface area contributed by atoms with Crippen LogP contribution in [0.4, 0.5) is 0 Å². The van der Waals surface area contributed by atoms with Gasteiger partial charge in [0.2, 0.25) is 0 Å². The van der Waals surface area contributed by atoms with E-state index in [1.165, 1.54) is 0 Å². The van der Waals surface area contributed by atoms with Crippen LogP contribution < -0.4 is 5.32 Å². The van der Waals surface area contributed by atoms with Crippen LogP contribution >= 0.6 is 0 Å². The van der Waals surface area contributed by atoms with Gasteiger partial charge in [0, 0.05) is 12.7 Å². The molecule has 4 heteroatoms. The lowest BCUT2D eigenvalue weighted by Gasteiger charge is -2.25. The minimum absolute atomic E-state index is 0.236. The van der Waals surface area contributed by atoms with Gasteiger partial charge >= 0.3 is 0 Å².